The molecule has 0 aliphatic rings. The molecule has 0 amide bonds. The Balaban J connectivity index is 2.23. The van der Waals surface area contributed by atoms with E-state index in [-0.39, 0.29) is 12.3 Å². The Morgan fingerprint density at radius 1 is 1.38 bits per heavy atom. The Hall–Kier alpha value is -3.08. The summed E-state index contributed by atoms with van der Waals surface area (Å²) in [7, 11) is 0. The molecule has 0 unspecified atom stereocenters. The normalized spacial score (nSPS) is 9.95. The van der Waals surface area contributed by atoms with Gasteiger partial charge < -0.3 is 4.74 Å². The predicted molar refractivity (Wildman–Crippen MR) is 66.3 cm³/mol. The number of rotatable bonds is 4. The highest BCUT2D eigenvalue weighted by molar-refractivity contribution is 5.39. The van der Waals surface area contributed by atoms with Crippen molar-refractivity contribution in [2.45, 2.75) is 6.61 Å². The quantitative estimate of drug-likeness (QED) is 0.638. The number of hydrogen-bond acceptors (Lipinski definition) is 5. The topological polar surface area (TPSA) is 89.0 Å². The van der Waals surface area contributed by atoms with Crippen LogP contribution >= 0.6 is 0 Å². The largest absolute Gasteiger partial charge is 0.486 e. The van der Waals surface area contributed by atoms with Crippen LogP contribution in [0.25, 0.3) is 0 Å². The number of nitriles is 1. The van der Waals surface area contributed by atoms with Crippen molar-refractivity contribution in [3.63, 3.8) is 0 Å². The summed E-state index contributed by atoms with van der Waals surface area (Å²) < 4.78 is 32.1. The SMILES string of the molecule is N#Cc1ncccc1COc1cc(F)c([N+](=O)[O-])cc1F. The summed E-state index contributed by atoms with van der Waals surface area (Å²) in [5, 5.41) is 19.3. The lowest BCUT2D eigenvalue weighted by Gasteiger charge is -2.08. The van der Waals surface area contributed by atoms with Crippen molar-refractivity contribution in [3.05, 3.63) is 63.5 Å². The van der Waals surface area contributed by atoms with E-state index in [0.717, 1.165) is 0 Å². The number of nitrogens with zero attached hydrogens (tertiary/aromatic N) is 3. The molecule has 6 nitrogen and oxygen atoms in total. The van der Waals surface area contributed by atoms with Crippen LogP contribution in [0.2, 0.25) is 0 Å². The first-order valence-corrected chi connectivity index (χ1v) is 5.63. The van der Waals surface area contributed by atoms with E-state index in [0.29, 0.717) is 17.7 Å². The zero-order valence-corrected chi connectivity index (χ0v) is 10.4. The lowest BCUT2D eigenvalue weighted by Crippen LogP contribution is -2.02. The molecule has 106 valence electrons. The first kappa shape index (κ1) is 14.3. The number of nitro groups is 1. The Labute approximate surface area is 117 Å². The fraction of sp³-hybridized carbons (Fsp3) is 0.0769. The lowest BCUT2D eigenvalue weighted by molar-refractivity contribution is -0.387. The molecule has 0 aliphatic carbocycles. The highest BCUT2D eigenvalue weighted by Crippen LogP contribution is 2.27. The zero-order chi connectivity index (χ0) is 15.4. The van der Waals surface area contributed by atoms with Crippen LogP contribution < -0.4 is 4.74 Å². The van der Waals surface area contributed by atoms with Gasteiger partial charge in [-0.2, -0.15) is 9.65 Å². The second-order valence-corrected chi connectivity index (χ2v) is 3.90. The van der Waals surface area contributed by atoms with Gasteiger partial charge in [-0.15, -0.1) is 0 Å². The lowest BCUT2D eigenvalue weighted by atomic mass is 10.2. The van der Waals surface area contributed by atoms with E-state index >= 15 is 0 Å². The molecule has 0 spiro atoms. The Kier molecular flexibility index (Phi) is 4.04. The second-order valence-electron chi connectivity index (χ2n) is 3.90. The van der Waals surface area contributed by atoms with Crippen LogP contribution in [0.1, 0.15) is 11.3 Å². The van der Waals surface area contributed by atoms with Crippen LogP contribution in [0.15, 0.2) is 30.5 Å². The van der Waals surface area contributed by atoms with Crippen molar-refractivity contribution >= 4 is 5.69 Å². The van der Waals surface area contributed by atoms with E-state index in [1.807, 2.05) is 6.07 Å². The number of pyridine rings is 1. The van der Waals surface area contributed by atoms with Gasteiger partial charge in [-0.3, -0.25) is 10.1 Å². The summed E-state index contributed by atoms with van der Waals surface area (Å²) in [6, 6.07) is 5.98. The number of nitro benzene ring substituents is 1. The standard InChI is InChI=1S/C13H7F2N3O3/c14-9-5-13(10(15)4-12(9)18(19)20)21-7-8-2-1-3-17-11(8)6-16/h1-5H,7H2. The van der Waals surface area contributed by atoms with Gasteiger partial charge in [0.25, 0.3) is 0 Å². The third-order valence-electron chi connectivity index (χ3n) is 2.58. The molecule has 0 atom stereocenters. The minimum atomic E-state index is -1.21. The Morgan fingerprint density at radius 2 is 2.14 bits per heavy atom. The molecule has 1 aromatic carbocycles. The number of ether oxygens (including phenoxy) is 1. The molecule has 0 saturated heterocycles. The summed E-state index contributed by atoms with van der Waals surface area (Å²) in [6.45, 7) is -0.217. The third kappa shape index (κ3) is 3.09. The van der Waals surface area contributed by atoms with Crippen molar-refractivity contribution in [1.29, 1.82) is 5.26 Å². The monoisotopic (exact) mass is 291 g/mol. The third-order valence-corrected chi connectivity index (χ3v) is 2.58. The highest BCUT2D eigenvalue weighted by Gasteiger charge is 2.19. The van der Waals surface area contributed by atoms with Crippen molar-refractivity contribution < 1.29 is 18.4 Å². The second kappa shape index (κ2) is 5.92. The molecule has 0 radical (unpaired) electrons. The minimum absolute atomic E-state index is 0.0975. The predicted octanol–water partition coefficient (Wildman–Crippen LogP) is 2.72. The summed E-state index contributed by atoms with van der Waals surface area (Å²) in [5.41, 5.74) is -0.489. The average molecular weight is 291 g/mol. The summed E-state index contributed by atoms with van der Waals surface area (Å²) in [4.78, 5) is 13.2. The number of aromatic nitrogens is 1. The smallest absolute Gasteiger partial charge is 0.307 e. The molecule has 2 rings (SSSR count). The molecule has 1 aromatic heterocycles. The molecule has 0 saturated carbocycles. The van der Waals surface area contributed by atoms with Gasteiger partial charge in [-0.1, -0.05) is 6.07 Å². The molecule has 21 heavy (non-hydrogen) atoms. The van der Waals surface area contributed by atoms with Crippen molar-refractivity contribution in [1.82, 2.24) is 4.98 Å². The van der Waals surface area contributed by atoms with Crippen LogP contribution in [0.4, 0.5) is 14.5 Å². The van der Waals surface area contributed by atoms with Gasteiger partial charge in [-0.05, 0) is 6.07 Å². The Morgan fingerprint density at radius 3 is 2.81 bits per heavy atom. The molecule has 8 heteroatoms. The maximum absolute atomic E-state index is 13.6. The van der Waals surface area contributed by atoms with Gasteiger partial charge in [0.1, 0.15) is 18.4 Å². The first-order valence-electron chi connectivity index (χ1n) is 5.63. The maximum Gasteiger partial charge on any atom is 0.307 e. The van der Waals surface area contributed by atoms with E-state index < -0.39 is 28.0 Å². The van der Waals surface area contributed by atoms with Crippen molar-refractivity contribution in [2.24, 2.45) is 0 Å². The van der Waals surface area contributed by atoms with Crippen LogP contribution in [0.3, 0.4) is 0 Å². The van der Waals surface area contributed by atoms with Gasteiger partial charge in [-0.25, -0.2) is 9.37 Å². The molecule has 0 aliphatic heterocycles. The van der Waals surface area contributed by atoms with Gasteiger partial charge in [0, 0.05) is 17.8 Å². The Bertz CT molecular complexity index is 744. The van der Waals surface area contributed by atoms with Gasteiger partial charge in [0.2, 0.25) is 5.82 Å². The van der Waals surface area contributed by atoms with Crippen LogP contribution in [-0.2, 0) is 6.61 Å². The molecule has 2 aromatic rings. The molecule has 0 N–H and O–H groups in total. The molecule has 1 heterocycles. The first-order chi connectivity index (χ1) is 10.0. The van der Waals surface area contributed by atoms with E-state index in [9.17, 15) is 18.9 Å². The van der Waals surface area contributed by atoms with E-state index in [4.69, 9.17) is 10.00 Å². The van der Waals surface area contributed by atoms with Crippen LogP contribution in [0.5, 0.6) is 5.75 Å². The average Bonchev–Trinajstić information content (AvgIpc) is 2.47. The molecule has 0 bridgehead atoms. The van der Waals surface area contributed by atoms with Crippen molar-refractivity contribution in [2.75, 3.05) is 0 Å². The molecular formula is C13H7F2N3O3. The number of benzene rings is 1. The molecule has 0 fully saturated rings. The van der Waals surface area contributed by atoms with E-state index in [1.165, 1.54) is 6.20 Å². The van der Waals surface area contributed by atoms with Gasteiger partial charge >= 0.3 is 5.69 Å². The van der Waals surface area contributed by atoms with E-state index in [2.05, 4.69) is 4.98 Å². The zero-order valence-electron chi connectivity index (χ0n) is 10.4. The fourth-order valence-electron chi connectivity index (χ4n) is 1.58. The van der Waals surface area contributed by atoms with E-state index in [1.54, 1.807) is 12.1 Å². The van der Waals surface area contributed by atoms with Crippen molar-refractivity contribution in [3.8, 4) is 11.8 Å². The minimum Gasteiger partial charge on any atom is -0.486 e. The summed E-state index contributed by atoms with van der Waals surface area (Å²) in [6.07, 6.45) is 1.41. The van der Waals surface area contributed by atoms with Crippen LogP contribution in [0, 0.1) is 33.1 Å². The fourth-order valence-corrected chi connectivity index (χ4v) is 1.58. The van der Waals surface area contributed by atoms with Gasteiger partial charge in [0.15, 0.2) is 11.6 Å². The molecular weight excluding hydrogens is 284 g/mol. The summed E-state index contributed by atoms with van der Waals surface area (Å²) >= 11 is 0. The summed E-state index contributed by atoms with van der Waals surface area (Å²) in [5.74, 6) is -2.75. The maximum atomic E-state index is 13.6. The number of halogens is 2. The van der Waals surface area contributed by atoms with Crippen LogP contribution in [-0.4, -0.2) is 9.91 Å². The highest BCUT2D eigenvalue weighted by atomic mass is 19.1. The number of hydrogen-bond donors (Lipinski definition) is 0. The van der Waals surface area contributed by atoms with Gasteiger partial charge in [0.05, 0.1) is 11.0 Å².